The van der Waals surface area contributed by atoms with Gasteiger partial charge in [-0.3, -0.25) is 0 Å². The summed E-state index contributed by atoms with van der Waals surface area (Å²) in [5.41, 5.74) is -0.223. The van der Waals surface area contributed by atoms with Gasteiger partial charge in [0.05, 0.1) is 0 Å². The zero-order chi connectivity index (χ0) is 9.14. The molecular formula is C7H3ClN2O2. The van der Waals surface area contributed by atoms with Gasteiger partial charge in [0, 0.05) is 5.02 Å². The molecule has 0 saturated heterocycles. The number of rotatable bonds is 1. The van der Waals surface area contributed by atoms with E-state index in [9.17, 15) is 4.79 Å². The van der Waals surface area contributed by atoms with Gasteiger partial charge in [-0.25, -0.2) is 9.78 Å². The summed E-state index contributed by atoms with van der Waals surface area (Å²) in [5, 5.41) is 17.1. The van der Waals surface area contributed by atoms with Crippen LogP contribution in [0.15, 0.2) is 12.1 Å². The third-order valence-electron chi connectivity index (χ3n) is 1.12. The van der Waals surface area contributed by atoms with Crippen molar-refractivity contribution >= 4 is 17.6 Å². The average Bonchev–Trinajstić information content (AvgIpc) is 2.03. The highest BCUT2D eigenvalue weighted by molar-refractivity contribution is 6.30. The Balaban J connectivity index is 3.26. The minimum atomic E-state index is -1.20. The molecule has 0 atom stereocenters. The molecule has 1 aromatic heterocycles. The molecule has 1 aromatic rings. The second-order valence-electron chi connectivity index (χ2n) is 1.97. The van der Waals surface area contributed by atoms with Crippen LogP contribution < -0.4 is 0 Å². The minimum absolute atomic E-state index is 0.0000926. The van der Waals surface area contributed by atoms with Crippen LogP contribution in [0.4, 0.5) is 0 Å². The van der Waals surface area contributed by atoms with E-state index in [-0.39, 0.29) is 16.4 Å². The highest BCUT2D eigenvalue weighted by Crippen LogP contribution is 2.10. The fourth-order valence-electron chi connectivity index (χ4n) is 0.664. The van der Waals surface area contributed by atoms with Gasteiger partial charge >= 0.3 is 5.97 Å². The van der Waals surface area contributed by atoms with E-state index in [1.165, 1.54) is 12.1 Å². The summed E-state index contributed by atoms with van der Waals surface area (Å²) in [7, 11) is 0. The predicted molar refractivity (Wildman–Crippen MR) is 40.9 cm³/mol. The minimum Gasteiger partial charge on any atom is -0.477 e. The van der Waals surface area contributed by atoms with Crippen molar-refractivity contribution in [3.63, 3.8) is 0 Å². The van der Waals surface area contributed by atoms with Gasteiger partial charge < -0.3 is 5.11 Å². The Bertz CT molecular complexity index is 370. The maximum Gasteiger partial charge on any atom is 0.354 e. The lowest BCUT2D eigenvalue weighted by atomic mass is 10.3. The average molecular weight is 183 g/mol. The van der Waals surface area contributed by atoms with Crippen LogP contribution >= 0.6 is 11.6 Å². The lowest BCUT2D eigenvalue weighted by Crippen LogP contribution is -2.01. The number of carbonyl (C=O) groups is 1. The van der Waals surface area contributed by atoms with Crippen LogP contribution in [0.5, 0.6) is 0 Å². The first-order valence-electron chi connectivity index (χ1n) is 2.94. The van der Waals surface area contributed by atoms with Crippen molar-refractivity contribution in [3.05, 3.63) is 28.5 Å². The topological polar surface area (TPSA) is 74.0 Å². The van der Waals surface area contributed by atoms with Crippen molar-refractivity contribution < 1.29 is 9.90 Å². The molecule has 0 amide bonds. The lowest BCUT2D eigenvalue weighted by Gasteiger charge is -1.94. The van der Waals surface area contributed by atoms with Gasteiger partial charge in [0.25, 0.3) is 0 Å². The number of carboxylic acids is 1. The summed E-state index contributed by atoms with van der Waals surface area (Å²) < 4.78 is 0. The van der Waals surface area contributed by atoms with Crippen molar-refractivity contribution in [1.82, 2.24) is 4.98 Å². The van der Waals surface area contributed by atoms with E-state index in [0.717, 1.165) is 0 Å². The number of nitriles is 1. The molecule has 0 aliphatic carbocycles. The van der Waals surface area contributed by atoms with E-state index in [1.807, 2.05) is 0 Å². The SMILES string of the molecule is N#Cc1cc(Cl)cc(C(=O)O)n1. The maximum atomic E-state index is 10.4. The summed E-state index contributed by atoms with van der Waals surface area (Å²) in [6.07, 6.45) is 0. The second-order valence-corrected chi connectivity index (χ2v) is 2.41. The molecule has 1 heterocycles. The van der Waals surface area contributed by atoms with Gasteiger partial charge in [-0.05, 0) is 12.1 Å². The van der Waals surface area contributed by atoms with Gasteiger partial charge in [-0.1, -0.05) is 11.6 Å². The third-order valence-corrected chi connectivity index (χ3v) is 1.34. The van der Waals surface area contributed by atoms with Gasteiger partial charge in [0.15, 0.2) is 5.69 Å². The molecule has 0 aliphatic heterocycles. The highest BCUT2D eigenvalue weighted by Gasteiger charge is 2.06. The fourth-order valence-corrected chi connectivity index (χ4v) is 0.871. The Kier molecular flexibility index (Phi) is 2.26. The zero-order valence-corrected chi connectivity index (χ0v) is 6.54. The van der Waals surface area contributed by atoms with Gasteiger partial charge in [0.2, 0.25) is 0 Å². The van der Waals surface area contributed by atoms with E-state index in [1.54, 1.807) is 6.07 Å². The molecule has 0 spiro atoms. The summed E-state index contributed by atoms with van der Waals surface area (Å²) in [6.45, 7) is 0. The van der Waals surface area contributed by atoms with Crippen LogP contribution in [0, 0.1) is 11.3 Å². The van der Waals surface area contributed by atoms with Crippen molar-refractivity contribution in [3.8, 4) is 6.07 Å². The molecule has 0 saturated carbocycles. The van der Waals surface area contributed by atoms with Crippen molar-refractivity contribution in [2.45, 2.75) is 0 Å². The Morgan fingerprint density at radius 1 is 1.67 bits per heavy atom. The first-order valence-corrected chi connectivity index (χ1v) is 3.32. The van der Waals surface area contributed by atoms with Crippen LogP contribution in [0.2, 0.25) is 5.02 Å². The van der Waals surface area contributed by atoms with E-state index >= 15 is 0 Å². The molecule has 12 heavy (non-hydrogen) atoms. The summed E-state index contributed by atoms with van der Waals surface area (Å²) >= 11 is 5.52. The molecule has 0 aliphatic rings. The summed E-state index contributed by atoms with van der Waals surface area (Å²) in [6, 6.07) is 4.19. The normalized spacial score (nSPS) is 9.00. The van der Waals surface area contributed by atoms with Gasteiger partial charge in [0.1, 0.15) is 11.8 Å². The quantitative estimate of drug-likeness (QED) is 0.711. The number of nitrogens with zero attached hydrogens (tertiary/aromatic N) is 2. The molecular weight excluding hydrogens is 180 g/mol. The molecule has 60 valence electrons. The molecule has 1 N–H and O–H groups in total. The van der Waals surface area contributed by atoms with E-state index < -0.39 is 5.97 Å². The van der Waals surface area contributed by atoms with Crippen molar-refractivity contribution in [2.75, 3.05) is 0 Å². The third kappa shape index (κ3) is 1.71. The molecule has 4 nitrogen and oxygen atoms in total. The molecule has 0 unspecified atom stereocenters. The summed E-state index contributed by atoms with van der Waals surface area (Å²) in [5.74, 6) is -1.20. The van der Waals surface area contributed by atoms with Crippen LogP contribution in [0.25, 0.3) is 0 Å². The maximum absolute atomic E-state index is 10.4. The number of halogens is 1. The van der Waals surface area contributed by atoms with Gasteiger partial charge in [-0.15, -0.1) is 0 Å². The molecule has 0 fully saturated rings. The molecule has 1 rings (SSSR count). The molecule has 5 heteroatoms. The molecule has 0 bridgehead atoms. The van der Waals surface area contributed by atoms with Crippen LogP contribution in [0.1, 0.15) is 16.2 Å². The highest BCUT2D eigenvalue weighted by atomic mass is 35.5. The Morgan fingerprint density at radius 2 is 2.33 bits per heavy atom. The zero-order valence-electron chi connectivity index (χ0n) is 5.78. The van der Waals surface area contributed by atoms with E-state index in [2.05, 4.69) is 4.98 Å². The fraction of sp³-hybridized carbons (Fsp3) is 0. The number of hydrogen-bond acceptors (Lipinski definition) is 3. The van der Waals surface area contributed by atoms with Crippen LogP contribution in [-0.2, 0) is 0 Å². The predicted octanol–water partition coefficient (Wildman–Crippen LogP) is 1.30. The lowest BCUT2D eigenvalue weighted by molar-refractivity contribution is 0.0690. The van der Waals surface area contributed by atoms with Crippen LogP contribution in [0.3, 0.4) is 0 Å². The van der Waals surface area contributed by atoms with Gasteiger partial charge in [-0.2, -0.15) is 5.26 Å². The Morgan fingerprint density at radius 3 is 2.83 bits per heavy atom. The van der Waals surface area contributed by atoms with Crippen molar-refractivity contribution in [1.29, 1.82) is 5.26 Å². The molecule has 0 radical (unpaired) electrons. The Hall–Kier alpha value is -1.60. The monoisotopic (exact) mass is 182 g/mol. The van der Waals surface area contributed by atoms with E-state index in [0.29, 0.717) is 0 Å². The number of hydrogen-bond donors (Lipinski definition) is 1. The smallest absolute Gasteiger partial charge is 0.354 e. The Labute approximate surface area is 73.0 Å². The first kappa shape index (κ1) is 8.50. The van der Waals surface area contributed by atoms with E-state index in [4.69, 9.17) is 22.0 Å². The summed E-state index contributed by atoms with van der Waals surface area (Å²) in [4.78, 5) is 13.9. The number of aromatic carboxylic acids is 1. The number of pyridine rings is 1. The standard InChI is InChI=1S/C7H3ClN2O2/c8-4-1-5(3-9)10-6(2-4)7(11)12/h1-2H,(H,11,12). The molecule has 0 aromatic carbocycles. The number of aromatic nitrogens is 1. The van der Waals surface area contributed by atoms with Crippen LogP contribution in [-0.4, -0.2) is 16.1 Å². The largest absolute Gasteiger partial charge is 0.477 e. The number of carboxylic acid groups (broad SMARTS) is 1. The van der Waals surface area contributed by atoms with Crippen molar-refractivity contribution in [2.24, 2.45) is 0 Å². The second kappa shape index (κ2) is 3.20. The first-order chi connectivity index (χ1) is 5.63.